The summed E-state index contributed by atoms with van der Waals surface area (Å²) in [4.78, 5) is 0. The van der Waals surface area contributed by atoms with Crippen molar-refractivity contribution in [2.75, 3.05) is 0 Å². The van der Waals surface area contributed by atoms with Crippen LogP contribution < -0.4 is 11.3 Å². The second kappa shape index (κ2) is 4.60. The van der Waals surface area contributed by atoms with E-state index in [0.29, 0.717) is 5.02 Å². The standard InChI is InChI=1S/C8H15ClN4/c1-3-4-13-8(6(2)12-10)7(9)5-11-13/h5-6,12H,3-4,10H2,1-2H3. The second-order valence-electron chi connectivity index (χ2n) is 2.99. The molecule has 0 amide bonds. The van der Waals surface area contributed by atoms with Crippen molar-refractivity contribution >= 4 is 11.6 Å². The first-order chi connectivity index (χ1) is 6.20. The summed E-state index contributed by atoms with van der Waals surface area (Å²) in [6.07, 6.45) is 2.68. The fraction of sp³-hybridized carbons (Fsp3) is 0.625. The van der Waals surface area contributed by atoms with Crippen molar-refractivity contribution in [1.29, 1.82) is 0 Å². The summed E-state index contributed by atoms with van der Waals surface area (Å²) in [5.41, 5.74) is 3.61. The Kier molecular flexibility index (Phi) is 3.71. The van der Waals surface area contributed by atoms with Gasteiger partial charge in [-0.1, -0.05) is 18.5 Å². The van der Waals surface area contributed by atoms with Crippen molar-refractivity contribution in [3.05, 3.63) is 16.9 Å². The monoisotopic (exact) mass is 202 g/mol. The zero-order chi connectivity index (χ0) is 9.84. The molecular formula is C8H15ClN4. The van der Waals surface area contributed by atoms with Gasteiger partial charge in [0, 0.05) is 6.54 Å². The van der Waals surface area contributed by atoms with Crippen LogP contribution in [0.1, 0.15) is 32.0 Å². The van der Waals surface area contributed by atoms with Gasteiger partial charge in [-0.15, -0.1) is 0 Å². The summed E-state index contributed by atoms with van der Waals surface area (Å²) in [5.74, 6) is 5.35. The third kappa shape index (κ3) is 2.21. The molecule has 0 aliphatic heterocycles. The molecule has 0 aliphatic carbocycles. The van der Waals surface area contributed by atoms with Gasteiger partial charge in [0.15, 0.2) is 0 Å². The molecule has 0 aliphatic rings. The van der Waals surface area contributed by atoms with E-state index >= 15 is 0 Å². The van der Waals surface area contributed by atoms with Crippen molar-refractivity contribution < 1.29 is 0 Å². The number of aromatic nitrogens is 2. The molecular weight excluding hydrogens is 188 g/mol. The maximum absolute atomic E-state index is 5.98. The van der Waals surface area contributed by atoms with E-state index in [9.17, 15) is 0 Å². The van der Waals surface area contributed by atoms with Crippen molar-refractivity contribution in [3.8, 4) is 0 Å². The molecule has 3 N–H and O–H groups in total. The number of nitrogens with two attached hydrogens (primary N) is 1. The van der Waals surface area contributed by atoms with Gasteiger partial charge in [-0.3, -0.25) is 16.0 Å². The fourth-order valence-corrected chi connectivity index (χ4v) is 1.58. The number of hydrogen-bond acceptors (Lipinski definition) is 3. The first kappa shape index (κ1) is 10.5. The normalized spacial score (nSPS) is 13.2. The van der Waals surface area contributed by atoms with Gasteiger partial charge in [-0.2, -0.15) is 5.10 Å². The molecule has 0 saturated heterocycles. The minimum Gasteiger partial charge on any atom is -0.271 e. The SMILES string of the molecule is CCCn1ncc(Cl)c1C(C)NN. The predicted octanol–water partition coefficient (Wildman–Crippen LogP) is 1.47. The van der Waals surface area contributed by atoms with E-state index in [4.69, 9.17) is 17.4 Å². The van der Waals surface area contributed by atoms with Crippen LogP contribution in [0.4, 0.5) is 0 Å². The van der Waals surface area contributed by atoms with E-state index < -0.39 is 0 Å². The van der Waals surface area contributed by atoms with Crippen LogP contribution in [0, 0.1) is 0 Å². The summed E-state index contributed by atoms with van der Waals surface area (Å²) in [7, 11) is 0. The molecule has 1 atom stereocenters. The maximum Gasteiger partial charge on any atom is 0.0834 e. The topological polar surface area (TPSA) is 55.9 Å². The Hall–Kier alpha value is -0.580. The number of hydrogen-bond donors (Lipinski definition) is 2. The minimum absolute atomic E-state index is 0.0292. The summed E-state index contributed by atoms with van der Waals surface area (Å²) < 4.78 is 1.88. The first-order valence-electron chi connectivity index (χ1n) is 4.38. The van der Waals surface area contributed by atoms with Crippen LogP contribution in [-0.2, 0) is 6.54 Å². The molecule has 5 heteroatoms. The number of nitrogens with one attached hydrogen (secondary N) is 1. The van der Waals surface area contributed by atoms with Crippen molar-refractivity contribution in [1.82, 2.24) is 15.2 Å². The van der Waals surface area contributed by atoms with Gasteiger partial charge in [0.05, 0.1) is 23.0 Å². The largest absolute Gasteiger partial charge is 0.271 e. The maximum atomic E-state index is 5.98. The van der Waals surface area contributed by atoms with Gasteiger partial charge >= 0.3 is 0 Å². The molecule has 4 nitrogen and oxygen atoms in total. The van der Waals surface area contributed by atoms with Crippen LogP contribution in [0.15, 0.2) is 6.20 Å². The van der Waals surface area contributed by atoms with Crippen LogP contribution in [0.3, 0.4) is 0 Å². The zero-order valence-electron chi connectivity index (χ0n) is 7.92. The van der Waals surface area contributed by atoms with E-state index in [1.807, 2.05) is 11.6 Å². The predicted molar refractivity (Wildman–Crippen MR) is 53.3 cm³/mol. The lowest BCUT2D eigenvalue weighted by Gasteiger charge is -2.12. The van der Waals surface area contributed by atoms with E-state index in [1.165, 1.54) is 0 Å². The highest BCUT2D eigenvalue weighted by molar-refractivity contribution is 6.31. The highest BCUT2D eigenvalue weighted by Gasteiger charge is 2.14. The van der Waals surface area contributed by atoms with Crippen LogP contribution in [0.5, 0.6) is 0 Å². The highest BCUT2D eigenvalue weighted by Crippen LogP contribution is 2.21. The Bertz CT molecular complexity index is 271. The van der Waals surface area contributed by atoms with E-state index in [1.54, 1.807) is 6.20 Å². The third-order valence-electron chi connectivity index (χ3n) is 1.93. The van der Waals surface area contributed by atoms with Gasteiger partial charge in [0.25, 0.3) is 0 Å². The molecule has 0 bridgehead atoms. The van der Waals surface area contributed by atoms with Crippen LogP contribution in [-0.4, -0.2) is 9.78 Å². The van der Waals surface area contributed by atoms with Crippen LogP contribution >= 0.6 is 11.6 Å². The molecule has 0 saturated carbocycles. The van der Waals surface area contributed by atoms with Gasteiger partial charge in [0.1, 0.15) is 0 Å². The summed E-state index contributed by atoms with van der Waals surface area (Å²) in [6.45, 7) is 4.92. The minimum atomic E-state index is 0.0292. The molecule has 1 heterocycles. The van der Waals surface area contributed by atoms with E-state index in [-0.39, 0.29) is 6.04 Å². The Labute approximate surface area is 83.0 Å². The highest BCUT2D eigenvalue weighted by atomic mass is 35.5. The lowest BCUT2D eigenvalue weighted by Crippen LogP contribution is -2.28. The molecule has 13 heavy (non-hydrogen) atoms. The molecule has 1 rings (SSSR count). The molecule has 1 aromatic rings. The van der Waals surface area contributed by atoms with Gasteiger partial charge in [0.2, 0.25) is 0 Å². The Morgan fingerprint density at radius 1 is 1.77 bits per heavy atom. The number of nitrogens with zero attached hydrogens (tertiary/aromatic N) is 2. The van der Waals surface area contributed by atoms with Crippen molar-refractivity contribution in [3.63, 3.8) is 0 Å². The summed E-state index contributed by atoms with van der Waals surface area (Å²) >= 11 is 5.98. The molecule has 0 spiro atoms. The second-order valence-corrected chi connectivity index (χ2v) is 3.40. The molecule has 1 aromatic heterocycles. The number of aryl methyl sites for hydroxylation is 1. The number of halogens is 1. The Morgan fingerprint density at radius 3 is 3.00 bits per heavy atom. The summed E-state index contributed by atoms with van der Waals surface area (Å²) in [5, 5.41) is 4.83. The van der Waals surface area contributed by atoms with E-state index in [2.05, 4.69) is 17.4 Å². The van der Waals surface area contributed by atoms with Crippen LogP contribution in [0.25, 0.3) is 0 Å². The van der Waals surface area contributed by atoms with Crippen LogP contribution in [0.2, 0.25) is 5.02 Å². The average molecular weight is 203 g/mol. The Morgan fingerprint density at radius 2 is 2.46 bits per heavy atom. The first-order valence-corrected chi connectivity index (χ1v) is 4.75. The molecule has 1 unspecified atom stereocenters. The summed E-state index contributed by atoms with van der Waals surface area (Å²) in [6, 6.07) is 0.0292. The number of hydrazine groups is 1. The lowest BCUT2D eigenvalue weighted by molar-refractivity contribution is 0.504. The van der Waals surface area contributed by atoms with Gasteiger partial charge in [-0.25, -0.2) is 0 Å². The average Bonchev–Trinajstić information content (AvgIpc) is 2.47. The van der Waals surface area contributed by atoms with Crippen molar-refractivity contribution in [2.24, 2.45) is 5.84 Å². The fourth-order valence-electron chi connectivity index (χ4n) is 1.27. The Balaban J connectivity index is 2.93. The molecule has 74 valence electrons. The lowest BCUT2D eigenvalue weighted by atomic mass is 10.2. The van der Waals surface area contributed by atoms with Crippen molar-refractivity contribution in [2.45, 2.75) is 32.9 Å². The van der Waals surface area contributed by atoms with E-state index in [0.717, 1.165) is 18.7 Å². The van der Waals surface area contributed by atoms with Gasteiger partial charge < -0.3 is 0 Å². The zero-order valence-corrected chi connectivity index (χ0v) is 8.67. The number of rotatable bonds is 4. The third-order valence-corrected chi connectivity index (χ3v) is 2.22. The molecule has 0 aromatic carbocycles. The quantitative estimate of drug-likeness (QED) is 0.574. The smallest absolute Gasteiger partial charge is 0.0834 e. The molecule has 0 fully saturated rings. The van der Waals surface area contributed by atoms with Gasteiger partial charge in [-0.05, 0) is 13.3 Å². The molecule has 0 radical (unpaired) electrons.